The molecule has 1 aromatic carbocycles. The van der Waals surface area contributed by atoms with Crippen LogP contribution < -0.4 is 0 Å². The molecule has 0 aliphatic carbocycles. The number of carbonyl (C=O) groups is 1. The molecule has 0 radical (unpaired) electrons. The lowest BCUT2D eigenvalue weighted by Gasteiger charge is -2.03. The Hall–Kier alpha value is -1.39. The van der Waals surface area contributed by atoms with E-state index in [1.807, 2.05) is 12.3 Å². The Balaban J connectivity index is 2.44. The van der Waals surface area contributed by atoms with Crippen molar-refractivity contribution in [2.45, 2.75) is 5.16 Å². The number of rotatable bonds is 3. The monoisotopic (exact) mass is 264 g/mol. The molecule has 0 atom stereocenters. The fourth-order valence-corrected chi connectivity index (χ4v) is 1.85. The molecule has 0 unspecified atom stereocenters. The Morgan fingerprint density at radius 2 is 2.00 bits per heavy atom. The van der Waals surface area contributed by atoms with E-state index in [0.717, 1.165) is 0 Å². The van der Waals surface area contributed by atoms with Gasteiger partial charge in [-0.15, -0.1) is 0 Å². The molecular weight excluding hydrogens is 256 g/mol. The van der Waals surface area contributed by atoms with Gasteiger partial charge in [0.1, 0.15) is 5.69 Å². The summed E-state index contributed by atoms with van der Waals surface area (Å²) >= 11 is 7.31. The summed E-state index contributed by atoms with van der Waals surface area (Å²) < 4.78 is 0. The van der Waals surface area contributed by atoms with E-state index in [-0.39, 0.29) is 16.5 Å². The van der Waals surface area contributed by atoms with Crippen LogP contribution in [0.1, 0.15) is 16.1 Å². The van der Waals surface area contributed by atoms with Crippen LogP contribution in [-0.2, 0) is 0 Å². The van der Waals surface area contributed by atoms with Gasteiger partial charge in [0.2, 0.25) is 5.78 Å². The van der Waals surface area contributed by atoms with Crippen molar-refractivity contribution in [2.24, 2.45) is 0 Å². The largest absolute Gasteiger partial charge is 0.287 e. The quantitative estimate of drug-likeness (QED) is 0.485. The van der Waals surface area contributed by atoms with Gasteiger partial charge in [-0.2, -0.15) is 0 Å². The van der Waals surface area contributed by atoms with Crippen molar-refractivity contribution in [1.29, 1.82) is 0 Å². The smallest absolute Gasteiger partial charge is 0.213 e. The average molecular weight is 265 g/mol. The lowest BCUT2D eigenvalue weighted by molar-refractivity contribution is 0.103. The molecule has 0 spiro atoms. The van der Waals surface area contributed by atoms with E-state index in [9.17, 15) is 4.79 Å². The number of aromatic nitrogens is 2. The standard InChI is InChI=1S/C12H9ClN2OS/c1-17-12-14-7-9(13)10(15-12)11(16)8-5-3-2-4-6-8/h2-7H,1H3. The van der Waals surface area contributed by atoms with Crippen LogP contribution in [0.3, 0.4) is 0 Å². The highest BCUT2D eigenvalue weighted by Gasteiger charge is 2.15. The summed E-state index contributed by atoms with van der Waals surface area (Å²) in [4.78, 5) is 20.3. The summed E-state index contributed by atoms with van der Waals surface area (Å²) in [5.74, 6) is -0.187. The second-order valence-corrected chi connectivity index (χ2v) is 4.43. The second-order valence-electron chi connectivity index (χ2n) is 3.25. The van der Waals surface area contributed by atoms with Gasteiger partial charge in [0.05, 0.1) is 11.2 Å². The van der Waals surface area contributed by atoms with Crippen molar-refractivity contribution in [1.82, 2.24) is 9.97 Å². The van der Waals surface area contributed by atoms with Gasteiger partial charge in [0.15, 0.2) is 5.16 Å². The summed E-state index contributed by atoms with van der Waals surface area (Å²) in [6, 6.07) is 8.93. The normalized spacial score (nSPS) is 10.2. The Bertz CT molecular complexity index is 545. The van der Waals surface area contributed by atoms with Gasteiger partial charge in [-0.1, -0.05) is 53.7 Å². The van der Waals surface area contributed by atoms with Crippen molar-refractivity contribution in [3.05, 3.63) is 52.8 Å². The van der Waals surface area contributed by atoms with E-state index >= 15 is 0 Å². The van der Waals surface area contributed by atoms with Crippen LogP contribution in [0, 0.1) is 0 Å². The molecule has 0 fully saturated rings. The molecule has 0 aliphatic heterocycles. The zero-order valence-corrected chi connectivity index (χ0v) is 10.6. The molecule has 2 aromatic rings. The molecule has 1 aromatic heterocycles. The van der Waals surface area contributed by atoms with Crippen molar-refractivity contribution >= 4 is 29.1 Å². The molecule has 2 rings (SSSR count). The van der Waals surface area contributed by atoms with Crippen LogP contribution in [0.2, 0.25) is 5.02 Å². The summed E-state index contributed by atoms with van der Waals surface area (Å²) in [6.07, 6.45) is 3.30. The lowest BCUT2D eigenvalue weighted by atomic mass is 10.1. The van der Waals surface area contributed by atoms with Gasteiger partial charge >= 0.3 is 0 Å². The van der Waals surface area contributed by atoms with Crippen LogP contribution in [0.5, 0.6) is 0 Å². The van der Waals surface area contributed by atoms with Gasteiger partial charge in [-0.3, -0.25) is 4.79 Å². The first kappa shape index (κ1) is 12.1. The molecule has 1 heterocycles. The zero-order chi connectivity index (χ0) is 12.3. The fraction of sp³-hybridized carbons (Fsp3) is 0.0833. The van der Waals surface area contributed by atoms with Crippen molar-refractivity contribution in [3.8, 4) is 0 Å². The Labute approximate surface area is 108 Å². The number of ketones is 1. The summed E-state index contributed by atoms with van der Waals surface area (Å²) in [6.45, 7) is 0. The lowest BCUT2D eigenvalue weighted by Crippen LogP contribution is -2.06. The van der Waals surface area contributed by atoms with E-state index in [4.69, 9.17) is 11.6 Å². The molecule has 17 heavy (non-hydrogen) atoms. The molecule has 86 valence electrons. The molecule has 0 aliphatic rings. The third-order valence-corrected chi connectivity index (χ3v) is 2.99. The second kappa shape index (κ2) is 5.29. The van der Waals surface area contributed by atoms with Gasteiger partial charge in [-0.05, 0) is 6.26 Å². The highest BCUT2D eigenvalue weighted by atomic mass is 35.5. The van der Waals surface area contributed by atoms with E-state index in [1.165, 1.54) is 18.0 Å². The van der Waals surface area contributed by atoms with Crippen LogP contribution in [-0.4, -0.2) is 22.0 Å². The van der Waals surface area contributed by atoms with Crippen LogP contribution in [0.25, 0.3) is 0 Å². The van der Waals surface area contributed by atoms with Crippen LogP contribution >= 0.6 is 23.4 Å². The fourth-order valence-electron chi connectivity index (χ4n) is 1.33. The number of hydrogen-bond donors (Lipinski definition) is 0. The predicted octanol–water partition coefficient (Wildman–Crippen LogP) is 3.08. The molecular formula is C12H9ClN2OS. The number of hydrogen-bond acceptors (Lipinski definition) is 4. The Morgan fingerprint density at radius 3 is 2.65 bits per heavy atom. The van der Waals surface area contributed by atoms with E-state index < -0.39 is 0 Å². The van der Waals surface area contributed by atoms with Crippen molar-refractivity contribution in [3.63, 3.8) is 0 Å². The number of nitrogens with zero attached hydrogens (tertiary/aromatic N) is 2. The Morgan fingerprint density at radius 1 is 1.29 bits per heavy atom. The van der Waals surface area contributed by atoms with Crippen molar-refractivity contribution in [2.75, 3.05) is 6.26 Å². The first-order valence-electron chi connectivity index (χ1n) is 4.88. The number of thioether (sulfide) groups is 1. The highest BCUT2D eigenvalue weighted by molar-refractivity contribution is 7.98. The summed E-state index contributed by atoms with van der Waals surface area (Å²) in [5, 5.41) is 0.810. The van der Waals surface area contributed by atoms with Gasteiger partial charge in [-0.25, -0.2) is 9.97 Å². The van der Waals surface area contributed by atoms with E-state index in [1.54, 1.807) is 24.3 Å². The topological polar surface area (TPSA) is 42.9 Å². The van der Waals surface area contributed by atoms with E-state index in [2.05, 4.69) is 9.97 Å². The molecule has 0 bridgehead atoms. The van der Waals surface area contributed by atoms with Crippen LogP contribution in [0.15, 0.2) is 41.7 Å². The minimum atomic E-state index is -0.187. The van der Waals surface area contributed by atoms with Crippen LogP contribution in [0.4, 0.5) is 0 Å². The third kappa shape index (κ3) is 2.65. The SMILES string of the molecule is CSc1ncc(Cl)c(C(=O)c2ccccc2)n1. The molecule has 0 amide bonds. The highest BCUT2D eigenvalue weighted by Crippen LogP contribution is 2.19. The number of carbonyl (C=O) groups excluding carboxylic acids is 1. The number of halogens is 1. The third-order valence-electron chi connectivity index (χ3n) is 2.16. The predicted molar refractivity (Wildman–Crippen MR) is 68.7 cm³/mol. The van der Waals surface area contributed by atoms with Crippen molar-refractivity contribution < 1.29 is 4.79 Å². The number of benzene rings is 1. The molecule has 3 nitrogen and oxygen atoms in total. The van der Waals surface area contributed by atoms with Gasteiger partial charge in [0, 0.05) is 5.56 Å². The molecule has 0 saturated carbocycles. The maximum absolute atomic E-state index is 12.2. The maximum Gasteiger partial charge on any atom is 0.213 e. The maximum atomic E-state index is 12.2. The molecule has 5 heteroatoms. The minimum absolute atomic E-state index is 0.187. The summed E-state index contributed by atoms with van der Waals surface area (Å²) in [5.41, 5.74) is 0.817. The first-order valence-corrected chi connectivity index (χ1v) is 6.49. The van der Waals surface area contributed by atoms with Gasteiger partial charge in [0.25, 0.3) is 0 Å². The zero-order valence-electron chi connectivity index (χ0n) is 9.05. The Kier molecular flexibility index (Phi) is 3.76. The summed E-state index contributed by atoms with van der Waals surface area (Å²) in [7, 11) is 0. The average Bonchev–Trinajstić information content (AvgIpc) is 2.39. The van der Waals surface area contributed by atoms with Gasteiger partial charge < -0.3 is 0 Å². The molecule has 0 saturated heterocycles. The molecule has 0 N–H and O–H groups in total. The minimum Gasteiger partial charge on any atom is -0.287 e. The first-order chi connectivity index (χ1) is 8.22. The van der Waals surface area contributed by atoms with E-state index in [0.29, 0.717) is 10.7 Å².